The summed E-state index contributed by atoms with van der Waals surface area (Å²) in [5.41, 5.74) is 2.63. The van der Waals surface area contributed by atoms with E-state index in [0.717, 1.165) is 11.3 Å². The van der Waals surface area contributed by atoms with Crippen LogP contribution in [0.5, 0.6) is 0 Å². The van der Waals surface area contributed by atoms with E-state index >= 15 is 0 Å². The van der Waals surface area contributed by atoms with Gasteiger partial charge < -0.3 is 16.0 Å². The van der Waals surface area contributed by atoms with E-state index in [9.17, 15) is 4.79 Å². The molecule has 8 nitrogen and oxygen atoms in total. The summed E-state index contributed by atoms with van der Waals surface area (Å²) in [4.78, 5) is 19.9. The van der Waals surface area contributed by atoms with Gasteiger partial charge in [-0.1, -0.05) is 0 Å². The lowest BCUT2D eigenvalue weighted by Gasteiger charge is -2.22. The normalized spacial score (nSPS) is 14.9. The Labute approximate surface area is 122 Å². The molecule has 2 aromatic rings. The predicted octanol–water partition coefficient (Wildman–Crippen LogP) is 1.06. The van der Waals surface area contributed by atoms with E-state index in [4.69, 9.17) is 0 Å². The number of aromatic nitrogens is 4. The maximum atomic E-state index is 11.5. The fraction of sp³-hybridized carbons (Fsp3) is 0.385. The van der Waals surface area contributed by atoms with Crippen molar-refractivity contribution in [2.75, 3.05) is 22.5 Å². The summed E-state index contributed by atoms with van der Waals surface area (Å²) in [5, 5.41) is 13.4. The lowest BCUT2D eigenvalue weighted by molar-refractivity contribution is -0.114. The van der Waals surface area contributed by atoms with Gasteiger partial charge >= 0.3 is 0 Å². The molecule has 3 N–H and O–H groups in total. The average molecular weight is 287 g/mol. The van der Waals surface area contributed by atoms with Gasteiger partial charge in [0, 0.05) is 18.8 Å². The molecule has 0 saturated heterocycles. The van der Waals surface area contributed by atoms with Crippen LogP contribution in [-0.4, -0.2) is 32.2 Å². The van der Waals surface area contributed by atoms with Gasteiger partial charge in [0.05, 0.1) is 18.3 Å². The van der Waals surface area contributed by atoms with Crippen molar-refractivity contribution in [2.24, 2.45) is 7.05 Å². The van der Waals surface area contributed by atoms with Crippen molar-refractivity contribution in [3.8, 4) is 0 Å². The number of amides is 1. The number of anilines is 3. The second kappa shape index (κ2) is 5.04. The Balaban J connectivity index is 1.88. The van der Waals surface area contributed by atoms with E-state index in [2.05, 4.69) is 31.0 Å². The molecule has 0 aliphatic carbocycles. The zero-order valence-corrected chi connectivity index (χ0v) is 12.1. The van der Waals surface area contributed by atoms with Gasteiger partial charge in [0.2, 0.25) is 5.91 Å². The van der Waals surface area contributed by atoms with E-state index in [1.54, 1.807) is 4.68 Å². The second-order valence-electron chi connectivity index (χ2n) is 5.06. The van der Waals surface area contributed by atoms with Gasteiger partial charge in [0.15, 0.2) is 11.6 Å². The molecule has 1 amide bonds. The van der Waals surface area contributed by atoms with Crippen molar-refractivity contribution in [3.63, 3.8) is 0 Å². The molecule has 0 aromatic carbocycles. The monoisotopic (exact) mass is 287 g/mol. The molecule has 0 saturated carbocycles. The first-order valence-corrected chi connectivity index (χ1v) is 6.70. The first kappa shape index (κ1) is 13.3. The zero-order chi connectivity index (χ0) is 15.0. The lowest BCUT2D eigenvalue weighted by Crippen LogP contribution is -2.29. The number of hydrogen-bond acceptors (Lipinski definition) is 6. The fourth-order valence-corrected chi connectivity index (χ4v) is 2.42. The molecular formula is C13H17N7O. The van der Waals surface area contributed by atoms with Crippen LogP contribution in [-0.2, 0) is 11.8 Å². The number of carbonyl (C=O) groups excluding carboxylic acids is 1. The summed E-state index contributed by atoms with van der Waals surface area (Å²) < 4.78 is 1.78. The highest BCUT2D eigenvalue weighted by Gasteiger charge is 2.21. The Hall–Kier alpha value is -2.64. The summed E-state index contributed by atoms with van der Waals surface area (Å²) in [6.45, 7) is 4.21. The molecule has 8 heteroatoms. The highest BCUT2D eigenvalue weighted by Crippen LogP contribution is 2.31. The van der Waals surface area contributed by atoms with Crippen LogP contribution in [0.15, 0.2) is 12.5 Å². The maximum absolute atomic E-state index is 11.5. The number of nitrogens with one attached hydrogen (secondary N) is 3. The van der Waals surface area contributed by atoms with Gasteiger partial charge in [-0.15, -0.1) is 0 Å². The molecule has 0 unspecified atom stereocenters. The third kappa shape index (κ3) is 2.51. The van der Waals surface area contributed by atoms with Crippen LogP contribution in [0, 0.1) is 6.92 Å². The first-order chi connectivity index (χ1) is 10.0. The van der Waals surface area contributed by atoms with Crippen molar-refractivity contribution in [2.45, 2.75) is 19.9 Å². The molecular weight excluding hydrogens is 270 g/mol. The molecule has 2 aromatic heterocycles. The molecule has 0 bridgehead atoms. The molecule has 3 heterocycles. The van der Waals surface area contributed by atoms with E-state index in [1.165, 1.54) is 6.33 Å². The van der Waals surface area contributed by atoms with Crippen LogP contribution in [0.3, 0.4) is 0 Å². The van der Waals surface area contributed by atoms with Crippen LogP contribution in [0.4, 0.5) is 17.3 Å². The van der Waals surface area contributed by atoms with Crippen molar-refractivity contribution < 1.29 is 4.79 Å². The molecule has 1 atom stereocenters. The molecule has 0 spiro atoms. The SMILES string of the molecule is Cc1nn(C)cc1[C@@H](C)Nc1ncnc2c1NC(=O)CN2. The first-order valence-electron chi connectivity index (χ1n) is 6.70. The Kier molecular flexibility index (Phi) is 3.20. The third-order valence-electron chi connectivity index (χ3n) is 3.40. The topological polar surface area (TPSA) is 96.8 Å². The summed E-state index contributed by atoms with van der Waals surface area (Å²) in [5.74, 6) is 1.11. The Morgan fingerprint density at radius 1 is 1.43 bits per heavy atom. The quantitative estimate of drug-likeness (QED) is 0.781. The zero-order valence-electron chi connectivity index (χ0n) is 12.1. The minimum Gasteiger partial charge on any atom is -0.362 e. The molecule has 1 aliphatic heterocycles. The van der Waals surface area contributed by atoms with Gasteiger partial charge in [0.25, 0.3) is 0 Å². The smallest absolute Gasteiger partial charge is 0.243 e. The van der Waals surface area contributed by atoms with E-state index < -0.39 is 0 Å². The van der Waals surface area contributed by atoms with Gasteiger partial charge in [-0.2, -0.15) is 5.10 Å². The van der Waals surface area contributed by atoms with Gasteiger partial charge in [-0.3, -0.25) is 9.48 Å². The van der Waals surface area contributed by atoms with Crippen LogP contribution in [0.1, 0.15) is 24.2 Å². The Morgan fingerprint density at radius 3 is 2.95 bits per heavy atom. The number of fused-ring (bicyclic) bond motifs is 1. The van der Waals surface area contributed by atoms with Crippen LogP contribution in [0.25, 0.3) is 0 Å². The van der Waals surface area contributed by atoms with Crippen LogP contribution >= 0.6 is 0 Å². The molecule has 21 heavy (non-hydrogen) atoms. The van der Waals surface area contributed by atoms with Crippen molar-refractivity contribution in [3.05, 3.63) is 23.8 Å². The summed E-state index contributed by atoms with van der Waals surface area (Å²) in [6, 6.07) is 0.0107. The van der Waals surface area contributed by atoms with E-state index in [-0.39, 0.29) is 18.5 Å². The van der Waals surface area contributed by atoms with E-state index in [1.807, 2.05) is 27.1 Å². The van der Waals surface area contributed by atoms with Crippen molar-refractivity contribution in [1.82, 2.24) is 19.7 Å². The lowest BCUT2D eigenvalue weighted by atomic mass is 10.1. The maximum Gasteiger partial charge on any atom is 0.243 e. The highest BCUT2D eigenvalue weighted by molar-refractivity contribution is 6.02. The molecule has 3 rings (SSSR count). The summed E-state index contributed by atoms with van der Waals surface area (Å²) in [6.07, 6.45) is 3.44. The fourth-order valence-electron chi connectivity index (χ4n) is 2.42. The standard InChI is InChI=1S/C13H17N7O/c1-7(9-5-20(3)19-8(9)2)17-13-11-12(15-6-16-13)14-4-10(21)18-11/h5-7H,4H2,1-3H3,(H,18,21)(H2,14,15,16,17)/t7-/m1/s1. The number of hydrogen-bond donors (Lipinski definition) is 3. The second-order valence-corrected chi connectivity index (χ2v) is 5.06. The van der Waals surface area contributed by atoms with Crippen LogP contribution in [0.2, 0.25) is 0 Å². The minimum absolute atomic E-state index is 0.0107. The average Bonchev–Trinajstić information content (AvgIpc) is 2.78. The van der Waals surface area contributed by atoms with Gasteiger partial charge in [-0.25, -0.2) is 9.97 Å². The number of nitrogens with zero attached hydrogens (tertiary/aromatic N) is 4. The van der Waals surface area contributed by atoms with Gasteiger partial charge in [0.1, 0.15) is 12.0 Å². The number of aryl methyl sites for hydroxylation is 2. The van der Waals surface area contributed by atoms with Crippen molar-refractivity contribution >= 4 is 23.2 Å². The van der Waals surface area contributed by atoms with E-state index in [0.29, 0.717) is 17.3 Å². The summed E-state index contributed by atoms with van der Waals surface area (Å²) >= 11 is 0. The van der Waals surface area contributed by atoms with Gasteiger partial charge in [-0.05, 0) is 13.8 Å². The predicted molar refractivity (Wildman–Crippen MR) is 79.1 cm³/mol. The molecule has 0 radical (unpaired) electrons. The molecule has 0 fully saturated rings. The molecule has 1 aliphatic rings. The Morgan fingerprint density at radius 2 is 2.24 bits per heavy atom. The molecule has 110 valence electrons. The van der Waals surface area contributed by atoms with Crippen LogP contribution < -0.4 is 16.0 Å². The number of rotatable bonds is 3. The summed E-state index contributed by atoms with van der Waals surface area (Å²) in [7, 11) is 1.89. The van der Waals surface area contributed by atoms with Crippen molar-refractivity contribution in [1.29, 1.82) is 0 Å². The number of carbonyl (C=O) groups is 1. The third-order valence-corrected chi connectivity index (χ3v) is 3.40. The Bertz CT molecular complexity index is 694. The minimum atomic E-state index is -0.106. The highest BCUT2D eigenvalue weighted by atomic mass is 16.2. The largest absolute Gasteiger partial charge is 0.362 e.